The van der Waals surface area contributed by atoms with Crippen molar-refractivity contribution < 1.29 is 19.1 Å². The first-order valence-corrected chi connectivity index (χ1v) is 3.88. The van der Waals surface area contributed by atoms with Crippen molar-refractivity contribution in [1.29, 1.82) is 0 Å². The van der Waals surface area contributed by atoms with Crippen LogP contribution in [0.25, 0.3) is 0 Å². The Bertz CT molecular complexity index is 342. The molecule has 0 unspecified atom stereocenters. The Morgan fingerprint density at radius 2 is 2.21 bits per heavy atom. The van der Waals surface area contributed by atoms with E-state index in [1.54, 1.807) is 0 Å². The lowest BCUT2D eigenvalue weighted by molar-refractivity contribution is -0.143. The van der Waals surface area contributed by atoms with E-state index in [1.165, 1.54) is 20.0 Å². The molecule has 1 rings (SSSR count). The van der Waals surface area contributed by atoms with E-state index >= 15 is 0 Å². The minimum atomic E-state index is -1.33. The molecule has 0 spiro atoms. The van der Waals surface area contributed by atoms with Crippen LogP contribution in [-0.2, 0) is 4.79 Å². The summed E-state index contributed by atoms with van der Waals surface area (Å²) in [5.41, 5.74) is -1.33. The van der Waals surface area contributed by atoms with Crippen molar-refractivity contribution in [2.75, 3.05) is 0 Å². The summed E-state index contributed by atoms with van der Waals surface area (Å²) in [6.07, 6.45) is 2.32. The number of aliphatic carboxylic acids is 1. The van der Waals surface area contributed by atoms with E-state index in [4.69, 9.17) is 9.52 Å². The summed E-state index contributed by atoms with van der Waals surface area (Å²) in [6, 6.07) is 0. The van der Waals surface area contributed by atoms with Crippen LogP contribution in [-0.4, -0.2) is 27.5 Å². The van der Waals surface area contributed by atoms with Crippen molar-refractivity contribution in [3.05, 3.63) is 18.4 Å². The van der Waals surface area contributed by atoms with Gasteiger partial charge in [0.05, 0.1) is 6.20 Å². The van der Waals surface area contributed by atoms with E-state index in [0.29, 0.717) is 0 Å². The van der Waals surface area contributed by atoms with Gasteiger partial charge in [0.15, 0.2) is 6.39 Å². The molecule has 0 saturated heterocycles. The van der Waals surface area contributed by atoms with E-state index < -0.39 is 17.4 Å². The van der Waals surface area contributed by atoms with E-state index in [-0.39, 0.29) is 5.76 Å². The van der Waals surface area contributed by atoms with Crippen LogP contribution in [0.4, 0.5) is 0 Å². The van der Waals surface area contributed by atoms with Gasteiger partial charge in [-0.2, -0.15) is 0 Å². The first kappa shape index (κ1) is 10.2. The standard InChI is InChI=1S/C8H10N2O4/c1-8(2,7(12)13)10-6(11)5-3-9-4-14-5/h3-4H,1-2H3,(H,10,11)(H,12,13). The lowest BCUT2D eigenvalue weighted by Gasteiger charge is -2.19. The predicted octanol–water partition coefficient (Wildman–Crippen LogP) is 0.268. The Labute approximate surface area is 79.9 Å². The van der Waals surface area contributed by atoms with Crippen molar-refractivity contribution in [3.63, 3.8) is 0 Å². The minimum Gasteiger partial charge on any atom is -0.480 e. The number of nitrogens with one attached hydrogen (secondary N) is 1. The number of oxazole rings is 1. The smallest absolute Gasteiger partial charge is 0.328 e. The SMILES string of the molecule is CC(C)(NC(=O)c1cnco1)C(=O)O. The van der Waals surface area contributed by atoms with E-state index in [0.717, 1.165) is 6.39 Å². The molecule has 0 saturated carbocycles. The van der Waals surface area contributed by atoms with Crippen LogP contribution in [0.15, 0.2) is 17.0 Å². The summed E-state index contributed by atoms with van der Waals surface area (Å²) < 4.78 is 4.70. The molecule has 1 aromatic rings. The lowest BCUT2D eigenvalue weighted by atomic mass is 10.1. The highest BCUT2D eigenvalue weighted by atomic mass is 16.4. The van der Waals surface area contributed by atoms with Gasteiger partial charge in [-0.15, -0.1) is 0 Å². The first-order valence-electron chi connectivity index (χ1n) is 3.88. The Kier molecular flexibility index (Phi) is 2.55. The highest BCUT2D eigenvalue weighted by molar-refractivity contribution is 5.95. The minimum absolute atomic E-state index is 0.0145. The molecule has 0 bridgehead atoms. The third-order valence-electron chi connectivity index (χ3n) is 1.62. The predicted molar refractivity (Wildman–Crippen MR) is 45.7 cm³/mol. The quantitative estimate of drug-likeness (QED) is 0.727. The zero-order valence-corrected chi connectivity index (χ0v) is 7.77. The highest BCUT2D eigenvalue weighted by Crippen LogP contribution is 2.05. The molecule has 1 aromatic heterocycles. The molecule has 2 N–H and O–H groups in total. The average Bonchev–Trinajstić information content (AvgIpc) is 2.54. The van der Waals surface area contributed by atoms with Crippen LogP contribution in [0.2, 0.25) is 0 Å². The van der Waals surface area contributed by atoms with Crippen molar-refractivity contribution in [2.24, 2.45) is 0 Å². The normalized spacial score (nSPS) is 11.0. The molecule has 76 valence electrons. The number of rotatable bonds is 3. The highest BCUT2D eigenvalue weighted by Gasteiger charge is 2.30. The third-order valence-corrected chi connectivity index (χ3v) is 1.62. The monoisotopic (exact) mass is 198 g/mol. The first-order chi connectivity index (χ1) is 6.43. The maximum atomic E-state index is 11.3. The fourth-order valence-corrected chi connectivity index (χ4v) is 0.727. The van der Waals surface area contributed by atoms with Gasteiger partial charge in [-0.25, -0.2) is 9.78 Å². The van der Waals surface area contributed by atoms with Gasteiger partial charge in [0.25, 0.3) is 5.91 Å². The Morgan fingerprint density at radius 3 is 2.64 bits per heavy atom. The number of carboxylic acids is 1. The molecule has 0 radical (unpaired) electrons. The molecule has 6 heteroatoms. The van der Waals surface area contributed by atoms with Gasteiger partial charge in [-0.3, -0.25) is 4.79 Å². The van der Waals surface area contributed by atoms with Crippen molar-refractivity contribution in [1.82, 2.24) is 10.3 Å². The number of amides is 1. The second kappa shape index (κ2) is 3.49. The molecule has 1 heterocycles. The van der Waals surface area contributed by atoms with Crippen molar-refractivity contribution >= 4 is 11.9 Å². The average molecular weight is 198 g/mol. The second-order valence-corrected chi connectivity index (χ2v) is 3.25. The number of aromatic nitrogens is 1. The van der Waals surface area contributed by atoms with Crippen molar-refractivity contribution in [2.45, 2.75) is 19.4 Å². The summed E-state index contributed by atoms with van der Waals surface area (Å²) in [5, 5.41) is 11.0. The summed E-state index contributed by atoms with van der Waals surface area (Å²) in [4.78, 5) is 25.5. The van der Waals surface area contributed by atoms with Crippen LogP contribution in [0, 0.1) is 0 Å². The summed E-state index contributed by atoms with van der Waals surface area (Å²) in [6.45, 7) is 2.76. The molecule has 0 aromatic carbocycles. The van der Waals surface area contributed by atoms with Gasteiger partial charge in [0, 0.05) is 0 Å². The van der Waals surface area contributed by atoms with Gasteiger partial charge in [-0.05, 0) is 13.8 Å². The maximum absolute atomic E-state index is 11.3. The number of hydrogen-bond acceptors (Lipinski definition) is 4. The Hall–Kier alpha value is -1.85. The Morgan fingerprint density at radius 1 is 1.57 bits per heavy atom. The fourth-order valence-electron chi connectivity index (χ4n) is 0.727. The maximum Gasteiger partial charge on any atom is 0.328 e. The van der Waals surface area contributed by atoms with Gasteiger partial charge in [-0.1, -0.05) is 0 Å². The molecule has 0 fully saturated rings. The molecule has 14 heavy (non-hydrogen) atoms. The molecule has 0 atom stereocenters. The molecule has 0 aliphatic heterocycles. The van der Waals surface area contributed by atoms with Gasteiger partial charge in [0.2, 0.25) is 5.76 Å². The van der Waals surface area contributed by atoms with E-state index in [9.17, 15) is 9.59 Å². The third kappa shape index (κ3) is 2.09. The number of hydrogen-bond donors (Lipinski definition) is 2. The molecule has 0 aliphatic rings. The molecule has 1 amide bonds. The number of nitrogens with zero attached hydrogens (tertiary/aromatic N) is 1. The van der Waals surface area contributed by atoms with Crippen LogP contribution >= 0.6 is 0 Å². The van der Waals surface area contributed by atoms with Crippen LogP contribution < -0.4 is 5.32 Å². The van der Waals surface area contributed by atoms with Gasteiger partial charge < -0.3 is 14.8 Å². The zero-order chi connectivity index (χ0) is 10.8. The van der Waals surface area contributed by atoms with Gasteiger partial charge >= 0.3 is 5.97 Å². The zero-order valence-electron chi connectivity index (χ0n) is 7.77. The number of carbonyl (C=O) groups excluding carboxylic acids is 1. The van der Waals surface area contributed by atoms with Gasteiger partial charge in [0.1, 0.15) is 5.54 Å². The summed E-state index contributed by atoms with van der Waals surface area (Å²) in [7, 11) is 0. The number of carboxylic acid groups (broad SMARTS) is 1. The second-order valence-electron chi connectivity index (χ2n) is 3.25. The molecule has 0 aliphatic carbocycles. The van der Waals surface area contributed by atoms with Crippen LogP contribution in [0.5, 0.6) is 0 Å². The Balaban J connectivity index is 2.71. The molecular formula is C8H10N2O4. The largest absolute Gasteiger partial charge is 0.480 e. The fraction of sp³-hybridized carbons (Fsp3) is 0.375. The molecule has 6 nitrogen and oxygen atoms in total. The van der Waals surface area contributed by atoms with Crippen LogP contribution in [0.3, 0.4) is 0 Å². The summed E-state index contributed by atoms with van der Waals surface area (Å²) in [5.74, 6) is -1.74. The molecular weight excluding hydrogens is 188 g/mol. The van der Waals surface area contributed by atoms with E-state index in [2.05, 4.69) is 10.3 Å². The number of carbonyl (C=O) groups is 2. The lowest BCUT2D eigenvalue weighted by Crippen LogP contribution is -2.49. The van der Waals surface area contributed by atoms with Crippen molar-refractivity contribution in [3.8, 4) is 0 Å². The topological polar surface area (TPSA) is 92.4 Å². The summed E-state index contributed by atoms with van der Waals surface area (Å²) >= 11 is 0. The van der Waals surface area contributed by atoms with Crippen LogP contribution in [0.1, 0.15) is 24.4 Å². The van der Waals surface area contributed by atoms with E-state index in [1.807, 2.05) is 0 Å².